The second-order valence-corrected chi connectivity index (χ2v) is 4.71. The van der Waals surface area contributed by atoms with Crippen molar-refractivity contribution in [1.29, 1.82) is 0 Å². The van der Waals surface area contributed by atoms with E-state index < -0.39 is 23.7 Å². The average Bonchev–Trinajstić information content (AvgIpc) is 2.45. The van der Waals surface area contributed by atoms with Crippen molar-refractivity contribution < 1.29 is 22.7 Å². The van der Waals surface area contributed by atoms with E-state index in [2.05, 4.69) is 30.9 Å². The molecule has 1 aromatic carbocycles. The third-order valence-corrected chi connectivity index (χ3v) is 2.94. The summed E-state index contributed by atoms with van der Waals surface area (Å²) in [5, 5.41) is 7.23. The van der Waals surface area contributed by atoms with E-state index >= 15 is 0 Å². The van der Waals surface area contributed by atoms with E-state index in [9.17, 15) is 18.0 Å². The van der Waals surface area contributed by atoms with Gasteiger partial charge in [0, 0.05) is 10.0 Å². The number of hydrogen-bond acceptors (Lipinski definition) is 5. The van der Waals surface area contributed by atoms with Gasteiger partial charge in [0.25, 0.3) is 0 Å². The summed E-state index contributed by atoms with van der Waals surface area (Å²) in [5.74, 6) is 0. The number of carbonyl (C=O) groups excluding carboxylic acids is 1. The molecular formula is C11H8BrF3N4O2. The second-order valence-electron chi connectivity index (χ2n) is 3.80. The zero-order chi connectivity index (χ0) is 15.6. The third-order valence-electron chi connectivity index (χ3n) is 2.41. The molecule has 0 aliphatic carbocycles. The van der Waals surface area contributed by atoms with Crippen molar-refractivity contribution in [3.8, 4) is 0 Å². The smallest absolute Gasteiger partial charge is 0.450 e. The Hall–Kier alpha value is -2.10. The van der Waals surface area contributed by atoms with Gasteiger partial charge in [-0.05, 0) is 12.1 Å². The molecule has 0 radical (unpaired) electrons. The van der Waals surface area contributed by atoms with Gasteiger partial charge in [0.1, 0.15) is 5.71 Å². The number of amides is 1. The molecule has 0 aromatic heterocycles. The lowest BCUT2D eigenvalue weighted by atomic mass is 10.1. The Labute approximate surface area is 125 Å². The van der Waals surface area contributed by atoms with Crippen LogP contribution in [0.1, 0.15) is 5.56 Å². The zero-order valence-electron chi connectivity index (χ0n) is 10.5. The predicted molar refractivity (Wildman–Crippen MR) is 71.5 cm³/mol. The van der Waals surface area contributed by atoms with Gasteiger partial charge in [-0.25, -0.2) is 4.79 Å². The third kappa shape index (κ3) is 3.32. The van der Waals surface area contributed by atoms with Gasteiger partial charge >= 0.3 is 12.3 Å². The van der Waals surface area contributed by atoms with Crippen LogP contribution in [0, 0.1) is 0 Å². The summed E-state index contributed by atoms with van der Waals surface area (Å²) < 4.78 is 44.0. The fraction of sp³-hybridized carbons (Fsp3) is 0.182. The lowest BCUT2D eigenvalue weighted by Crippen LogP contribution is -2.46. The lowest BCUT2D eigenvalue weighted by Gasteiger charge is -2.23. The molecule has 0 unspecified atom stereocenters. The Balaban J connectivity index is 2.46. The molecule has 112 valence electrons. The molecule has 10 heteroatoms. The summed E-state index contributed by atoms with van der Waals surface area (Å²) in [7, 11) is 1.07. The molecule has 0 saturated carbocycles. The quantitative estimate of drug-likeness (QED) is 0.832. The van der Waals surface area contributed by atoms with Crippen LogP contribution in [-0.2, 0) is 4.74 Å². The lowest BCUT2D eigenvalue weighted by molar-refractivity contribution is -0.0581. The number of hydrazine groups is 1. The Morgan fingerprint density at radius 2 is 1.95 bits per heavy atom. The molecular weight excluding hydrogens is 357 g/mol. The number of ether oxygens (including phenoxy) is 1. The van der Waals surface area contributed by atoms with Gasteiger partial charge in [-0.1, -0.05) is 33.2 Å². The van der Waals surface area contributed by atoms with Gasteiger partial charge in [0.2, 0.25) is 0 Å². The van der Waals surface area contributed by atoms with Crippen molar-refractivity contribution in [2.45, 2.75) is 6.18 Å². The van der Waals surface area contributed by atoms with Gasteiger partial charge in [0.15, 0.2) is 5.71 Å². The first-order chi connectivity index (χ1) is 9.82. The summed E-state index contributed by atoms with van der Waals surface area (Å²) in [6.07, 6.45) is -5.71. The maximum absolute atomic E-state index is 13.0. The standard InChI is InChI=1S/C11H8BrF3N4O2/c1-21-10(20)19-17-8(6-2-4-7(12)5-3-6)9(16-18-19)11(13,14)15/h2-5,18H,1H3. The van der Waals surface area contributed by atoms with Crippen LogP contribution in [-0.4, -0.2) is 35.9 Å². The van der Waals surface area contributed by atoms with Crippen LogP contribution in [0.2, 0.25) is 0 Å². The minimum atomic E-state index is -4.72. The number of rotatable bonds is 1. The van der Waals surface area contributed by atoms with Crippen LogP contribution in [0.4, 0.5) is 18.0 Å². The number of halogens is 4. The molecule has 6 nitrogen and oxygen atoms in total. The number of hydrogen-bond donors (Lipinski definition) is 1. The molecule has 0 atom stereocenters. The number of carbonyl (C=O) groups is 1. The maximum Gasteiger partial charge on any atom is 0.451 e. The van der Waals surface area contributed by atoms with Crippen LogP contribution in [0.25, 0.3) is 0 Å². The molecule has 0 spiro atoms. The van der Waals surface area contributed by atoms with E-state index in [4.69, 9.17) is 0 Å². The monoisotopic (exact) mass is 364 g/mol. The van der Waals surface area contributed by atoms with E-state index in [1.165, 1.54) is 12.1 Å². The number of hydrazone groups is 2. The topological polar surface area (TPSA) is 66.3 Å². The van der Waals surface area contributed by atoms with Crippen molar-refractivity contribution in [2.75, 3.05) is 7.11 Å². The molecule has 1 aliphatic heterocycles. The van der Waals surface area contributed by atoms with Crippen molar-refractivity contribution >= 4 is 33.4 Å². The van der Waals surface area contributed by atoms with E-state index in [-0.39, 0.29) is 5.56 Å². The van der Waals surface area contributed by atoms with Gasteiger partial charge in [-0.15, -0.1) is 5.10 Å². The summed E-state index contributed by atoms with van der Waals surface area (Å²) >= 11 is 3.18. The Morgan fingerprint density at radius 1 is 1.33 bits per heavy atom. The highest BCUT2D eigenvalue weighted by atomic mass is 79.9. The number of nitrogens with one attached hydrogen (secondary N) is 1. The van der Waals surface area contributed by atoms with Crippen molar-refractivity contribution in [1.82, 2.24) is 10.7 Å². The van der Waals surface area contributed by atoms with Gasteiger partial charge in [0.05, 0.1) is 7.11 Å². The number of benzene rings is 1. The van der Waals surface area contributed by atoms with Crippen LogP contribution in [0.15, 0.2) is 38.9 Å². The molecule has 2 rings (SSSR count). The molecule has 1 aliphatic rings. The largest absolute Gasteiger partial charge is 0.451 e. The highest BCUT2D eigenvalue weighted by Gasteiger charge is 2.42. The Kier molecular flexibility index (Phi) is 4.16. The molecule has 1 aromatic rings. The summed E-state index contributed by atoms with van der Waals surface area (Å²) in [6.45, 7) is 0. The molecule has 0 bridgehead atoms. The van der Waals surface area contributed by atoms with Crippen LogP contribution < -0.4 is 5.53 Å². The van der Waals surface area contributed by atoms with Gasteiger partial charge in [-0.3, -0.25) is 0 Å². The highest BCUT2D eigenvalue weighted by Crippen LogP contribution is 2.23. The molecule has 1 N–H and O–H groups in total. The Morgan fingerprint density at radius 3 is 2.48 bits per heavy atom. The predicted octanol–water partition coefficient (Wildman–Crippen LogP) is 2.66. The highest BCUT2D eigenvalue weighted by molar-refractivity contribution is 9.10. The van der Waals surface area contributed by atoms with Crippen molar-refractivity contribution in [2.24, 2.45) is 10.2 Å². The average molecular weight is 365 g/mol. The molecule has 1 amide bonds. The van der Waals surface area contributed by atoms with E-state index in [0.29, 0.717) is 9.59 Å². The molecule has 1 heterocycles. The minimum absolute atomic E-state index is 0.157. The first-order valence-corrected chi connectivity index (χ1v) is 6.25. The fourth-order valence-electron chi connectivity index (χ4n) is 1.49. The summed E-state index contributed by atoms with van der Waals surface area (Å²) in [5.41, 5.74) is 0.306. The SMILES string of the molecule is COC(=O)N1N=C(c2ccc(Br)cc2)C(C(F)(F)F)=NN1. The summed E-state index contributed by atoms with van der Waals surface area (Å²) in [4.78, 5) is 11.3. The molecule has 0 saturated heterocycles. The van der Waals surface area contributed by atoms with Crippen molar-refractivity contribution in [3.05, 3.63) is 34.3 Å². The van der Waals surface area contributed by atoms with E-state index in [0.717, 1.165) is 7.11 Å². The van der Waals surface area contributed by atoms with Gasteiger partial charge in [-0.2, -0.15) is 23.8 Å². The van der Waals surface area contributed by atoms with E-state index in [1.807, 2.05) is 5.53 Å². The van der Waals surface area contributed by atoms with Crippen LogP contribution in [0.5, 0.6) is 0 Å². The van der Waals surface area contributed by atoms with Crippen molar-refractivity contribution in [3.63, 3.8) is 0 Å². The number of nitrogens with zero attached hydrogens (tertiary/aromatic N) is 3. The number of methoxy groups -OCH3 is 1. The van der Waals surface area contributed by atoms with E-state index in [1.54, 1.807) is 12.1 Å². The molecule has 0 fully saturated rings. The minimum Gasteiger partial charge on any atom is -0.450 e. The van der Waals surface area contributed by atoms with Gasteiger partial charge < -0.3 is 4.74 Å². The normalized spacial score (nSPS) is 15.0. The zero-order valence-corrected chi connectivity index (χ0v) is 12.1. The first-order valence-electron chi connectivity index (χ1n) is 5.46. The maximum atomic E-state index is 13.0. The van der Waals surface area contributed by atoms with Crippen LogP contribution >= 0.6 is 15.9 Å². The summed E-state index contributed by atoms with van der Waals surface area (Å²) in [6, 6.07) is 5.95. The molecule has 21 heavy (non-hydrogen) atoms. The Bertz CT molecular complexity index is 613. The number of alkyl halides is 3. The van der Waals surface area contributed by atoms with Crippen LogP contribution in [0.3, 0.4) is 0 Å². The second kappa shape index (κ2) is 5.72. The fourth-order valence-corrected chi connectivity index (χ4v) is 1.75. The first kappa shape index (κ1) is 15.3.